The summed E-state index contributed by atoms with van der Waals surface area (Å²) in [7, 11) is 0. The van der Waals surface area contributed by atoms with E-state index in [1.165, 1.54) is 17.7 Å². The van der Waals surface area contributed by atoms with Gasteiger partial charge < -0.3 is 9.64 Å². The molecule has 0 saturated heterocycles. The zero-order valence-corrected chi connectivity index (χ0v) is 14.2. The highest BCUT2D eigenvalue weighted by molar-refractivity contribution is 7.14. The van der Waals surface area contributed by atoms with E-state index >= 15 is 0 Å². The first-order valence-electron chi connectivity index (χ1n) is 7.31. The monoisotopic (exact) mass is 353 g/mol. The van der Waals surface area contributed by atoms with Crippen molar-refractivity contribution >= 4 is 28.8 Å². The average molecular weight is 354 g/mol. The van der Waals surface area contributed by atoms with Gasteiger partial charge in [0, 0.05) is 18.7 Å². The van der Waals surface area contributed by atoms with Crippen LogP contribution < -0.4 is 10.3 Å². The number of thiophene rings is 1. The number of ether oxygens (including phenoxy) is 1. The Morgan fingerprint density at radius 1 is 1.52 bits per heavy atom. The minimum atomic E-state index is -0.139. The standard InChI is InChI=1S/C15H16ClN3O3S/c1-2-18-9-17-11-7-19(5-3-10(11)15(18)21)13(20)8-22-12-4-6-23-14(12)16/h4,6,9H,2-3,5,7-8H2,1H3. The van der Waals surface area contributed by atoms with Gasteiger partial charge in [-0.2, -0.15) is 0 Å². The molecule has 3 heterocycles. The lowest BCUT2D eigenvalue weighted by molar-refractivity contribution is -0.134. The summed E-state index contributed by atoms with van der Waals surface area (Å²) in [6, 6.07) is 1.74. The number of fused-ring (bicyclic) bond motifs is 1. The largest absolute Gasteiger partial charge is 0.481 e. The molecule has 0 aliphatic carbocycles. The van der Waals surface area contributed by atoms with E-state index < -0.39 is 0 Å². The van der Waals surface area contributed by atoms with Gasteiger partial charge in [-0.3, -0.25) is 14.2 Å². The Labute approximate surface area is 142 Å². The second kappa shape index (κ2) is 6.72. The zero-order valence-electron chi connectivity index (χ0n) is 12.6. The van der Waals surface area contributed by atoms with Crippen molar-refractivity contribution in [3.63, 3.8) is 0 Å². The summed E-state index contributed by atoms with van der Waals surface area (Å²) < 4.78 is 7.55. The average Bonchev–Trinajstić information content (AvgIpc) is 2.98. The second-order valence-corrected chi connectivity index (χ2v) is 6.69. The zero-order chi connectivity index (χ0) is 16.4. The van der Waals surface area contributed by atoms with Gasteiger partial charge in [-0.1, -0.05) is 11.6 Å². The van der Waals surface area contributed by atoms with Gasteiger partial charge in [0.25, 0.3) is 11.5 Å². The summed E-state index contributed by atoms with van der Waals surface area (Å²) in [6.07, 6.45) is 2.06. The van der Waals surface area contributed by atoms with Crippen LogP contribution in [0.4, 0.5) is 0 Å². The molecule has 0 bridgehead atoms. The first kappa shape index (κ1) is 16.0. The number of hydrogen-bond donors (Lipinski definition) is 0. The van der Waals surface area contributed by atoms with Gasteiger partial charge in [0.15, 0.2) is 6.61 Å². The normalized spacial score (nSPS) is 13.7. The molecular weight excluding hydrogens is 338 g/mol. The predicted molar refractivity (Wildman–Crippen MR) is 88.1 cm³/mol. The maximum absolute atomic E-state index is 12.3. The summed E-state index contributed by atoms with van der Waals surface area (Å²) >= 11 is 7.30. The molecule has 23 heavy (non-hydrogen) atoms. The lowest BCUT2D eigenvalue weighted by Crippen LogP contribution is -2.42. The molecule has 0 radical (unpaired) electrons. The van der Waals surface area contributed by atoms with Crippen LogP contribution in [0.2, 0.25) is 4.34 Å². The Balaban J connectivity index is 1.67. The molecule has 3 rings (SSSR count). The van der Waals surface area contributed by atoms with E-state index in [4.69, 9.17) is 16.3 Å². The van der Waals surface area contributed by atoms with E-state index in [0.29, 0.717) is 47.4 Å². The molecule has 0 aromatic carbocycles. The summed E-state index contributed by atoms with van der Waals surface area (Å²) in [6.45, 7) is 3.27. The Kier molecular flexibility index (Phi) is 4.68. The molecule has 0 spiro atoms. The number of aryl methyl sites for hydroxylation is 1. The lowest BCUT2D eigenvalue weighted by Gasteiger charge is -2.27. The molecule has 122 valence electrons. The van der Waals surface area contributed by atoms with Gasteiger partial charge in [0.05, 0.1) is 18.6 Å². The predicted octanol–water partition coefficient (Wildman–Crippen LogP) is 1.94. The molecule has 6 nitrogen and oxygen atoms in total. The van der Waals surface area contributed by atoms with Crippen LogP contribution in [0, 0.1) is 0 Å². The first-order chi connectivity index (χ1) is 11.1. The second-order valence-electron chi connectivity index (χ2n) is 5.17. The molecule has 1 aliphatic rings. The van der Waals surface area contributed by atoms with Crippen molar-refractivity contribution in [3.05, 3.63) is 43.7 Å². The highest BCUT2D eigenvalue weighted by Crippen LogP contribution is 2.30. The van der Waals surface area contributed by atoms with E-state index in [1.807, 2.05) is 12.3 Å². The molecule has 0 unspecified atom stereocenters. The van der Waals surface area contributed by atoms with Crippen molar-refractivity contribution < 1.29 is 9.53 Å². The van der Waals surface area contributed by atoms with Gasteiger partial charge in [-0.05, 0) is 24.8 Å². The van der Waals surface area contributed by atoms with Crippen LogP contribution in [0.3, 0.4) is 0 Å². The number of hydrogen-bond acceptors (Lipinski definition) is 5. The van der Waals surface area contributed by atoms with Crippen molar-refractivity contribution in [1.82, 2.24) is 14.5 Å². The molecule has 2 aromatic heterocycles. The van der Waals surface area contributed by atoms with Crippen LogP contribution >= 0.6 is 22.9 Å². The maximum Gasteiger partial charge on any atom is 0.260 e. The van der Waals surface area contributed by atoms with Gasteiger partial charge in [0.1, 0.15) is 10.1 Å². The lowest BCUT2D eigenvalue weighted by atomic mass is 10.1. The third kappa shape index (κ3) is 3.25. The fourth-order valence-corrected chi connectivity index (χ4v) is 3.34. The van der Waals surface area contributed by atoms with Crippen molar-refractivity contribution in [2.24, 2.45) is 0 Å². The maximum atomic E-state index is 12.3. The van der Waals surface area contributed by atoms with E-state index in [-0.39, 0.29) is 18.1 Å². The number of aromatic nitrogens is 2. The molecule has 1 aliphatic heterocycles. The fraction of sp³-hybridized carbons (Fsp3) is 0.400. The minimum absolute atomic E-state index is 0.00842. The number of halogens is 1. The third-order valence-corrected chi connectivity index (χ3v) is 4.96. The Bertz CT molecular complexity index is 787. The highest BCUT2D eigenvalue weighted by atomic mass is 35.5. The third-order valence-electron chi connectivity index (χ3n) is 3.82. The van der Waals surface area contributed by atoms with Crippen molar-refractivity contribution in [2.75, 3.05) is 13.2 Å². The molecule has 0 N–H and O–H groups in total. The topological polar surface area (TPSA) is 64.4 Å². The number of carbonyl (C=O) groups excluding carboxylic acids is 1. The van der Waals surface area contributed by atoms with E-state index in [9.17, 15) is 9.59 Å². The van der Waals surface area contributed by atoms with E-state index in [1.54, 1.807) is 15.5 Å². The number of amides is 1. The molecule has 2 aromatic rings. The van der Waals surface area contributed by atoms with Crippen LogP contribution in [0.1, 0.15) is 18.2 Å². The summed E-state index contributed by atoms with van der Waals surface area (Å²) in [5, 5.41) is 1.81. The molecule has 0 fully saturated rings. The van der Waals surface area contributed by atoms with Crippen molar-refractivity contribution in [3.8, 4) is 5.75 Å². The van der Waals surface area contributed by atoms with Crippen LogP contribution in [0.5, 0.6) is 5.75 Å². The van der Waals surface area contributed by atoms with E-state index in [0.717, 1.165) is 0 Å². The number of carbonyl (C=O) groups is 1. The van der Waals surface area contributed by atoms with Gasteiger partial charge in [-0.15, -0.1) is 11.3 Å². The quantitative estimate of drug-likeness (QED) is 0.842. The molecular formula is C15H16ClN3O3S. The smallest absolute Gasteiger partial charge is 0.260 e. The molecule has 8 heteroatoms. The van der Waals surface area contributed by atoms with Gasteiger partial charge >= 0.3 is 0 Å². The molecule has 0 atom stereocenters. The molecule has 1 amide bonds. The van der Waals surface area contributed by atoms with Crippen LogP contribution in [0.25, 0.3) is 0 Å². The highest BCUT2D eigenvalue weighted by Gasteiger charge is 2.24. The number of nitrogens with zero attached hydrogens (tertiary/aromatic N) is 3. The summed E-state index contributed by atoms with van der Waals surface area (Å²) in [4.78, 5) is 30.5. The van der Waals surface area contributed by atoms with Crippen molar-refractivity contribution in [1.29, 1.82) is 0 Å². The summed E-state index contributed by atoms with van der Waals surface area (Å²) in [5.41, 5.74) is 1.37. The van der Waals surface area contributed by atoms with Crippen molar-refractivity contribution in [2.45, 2.75) is 26.4 Å². The minimum Gasteiger partial charge on any atom is -0.481 e. The van der Waals surface area contributed by atoms with E-state index in [2.05, 4.69) is 4.98 Å². The number of rotatable bonds is 4. The van der Waals surface area contributed by atoms with Crippen LogP contribution in [-0.4, -0.2) is 33.5 Å². The first-order valence-corrected chi connectivity index (χ1v) is 8.56. The molecule has 0 saturated carbocycles. The van der Waals surface area contributed by atoms with Gasteiger partial charge in [-0.25, -0.2) is 4.98 Å². The Morgan fingerprint density at radius 2 is 2.35 bits per heavy atom. The van der Waals surface area contributed by atoms with Crippen LogP contribution in [-0.2, 0) is 24.3 Å². The Hall–Kier alpha value is -1.86. The summed E-state index contributed by atoms with van der Waals surface area (Å²) in [5.74, 6) is 0.380. The van der Waals surface area contributed by atoms with Crippen LogP contribution in [0.15, 0.2) is 22.6 Å². The Morgan fingerprint density at radius 3 is 3.04 bits per heavy atom. The van der Waals surface area contributed by atoms with Gasteiger partial charge in [0.2, 0.25) is 0 Å². The SMILES string of the molecule is CCn1cnc2c(c1=O)CCN(C(=O)COc1ccsc1Cl)C2. The fourth-order valence-electron chi connectivity index (χ4n) is 2.51.